The molecule has 134 valence electrons. The Morgan fingerprint density at radius 2 is 2.08 bits per heavy atom. The highest BCUT2D eigenvalue weighted by Crippen LogP contribution is 2.30. The van der Waals surface area contributed by atoms with Crippen molar-refractivity contribution in [2.45, 2.75) is 24.8 Å². The second-order valence-corrected chi connectivity index (χ2v) is 6.72. The van der Waals surface area contributed by atoms with E-state index in [1.54, 1.807) is 12.1 Å². The number of nitrogens with zero attached hydrogens (tertiary/aromatic N) is 1. The molecule has 1 heterocycles. The van der Waals surface area contributed by atoms with Crippen LogP contribution in [0.15, 0.2) is 12.1 Å². The van der Waals surface area contributed by atoms with Crippen molar-refractivity contribution in [3.8, 4) is 5.75 Å². The molecule has 1 aliphatic rings. The van der Waals surface area contributed by atoms with Crippen molar-refractivity contribution in [3.63, 3.8) is 0 Å². The maximum atomic E-state index is 12.5. The molecule has 3 N–H and O–H groups in total. The quantitative estimate of drug-likeness (QED) is 0.765. The van der Waals surface area contributed by atoms with Crippen molar-refractivity contribution in [2.75, 3.05) is 46.7 Å². The third kappa shape index (κ3) is 4.12. The summed E-state index contributed by atoms with van der Waals surface area (Å²) < 4.78 is 10.7. The Bertz CT molecular complexity index is 587. The highest BCUT2D eigenvalue weighted by Gasteiger charge is 2.34. The zero-order valence-corrected chi connectivity index (χ0v) is 15.3. The van der Waals surface area contributed by atoms with Crippen LogP contribution >= 0.6 is 11.6 Å². The van der Waals surface area contributed by atoms with E-state index in [-0.39, 0.29) is 11.4 Å². The van der Waals surface area contributed by atoms with Gasteiger partial charge in [0.15, 0.2) is 0 Å². The van der Waals surface area contributed by atoms with Crippen LogP contribution in [0.5, 0.6) is 5.75 Å². The third-order valence-electron chi connectivity index (χ3n) is 4.81. The van der Waals surface area contributed by atoms with E-state index in [4.69, 9.17) is 26.8 Å². The van der Waals surface area contributed by atoms with Gasteiger partial charge in [0.05, 0.1) is 23.4 Å². The van der Waals surface area contributed by atoms with E-state index >= 15 is 0 Å². The van der Waals surface area contributed by atoms with Gasteiger partial charge >= 0.3 is 0 Å². The van der Waals surface area contributed by atoms with Gasteiger partial charge in [0.1, 0.15) is 5.75 Å². The van der Waals surface area contributed by atoms with Gasteiger partial charge in [-0.3, -0.25) is 4.79 Å². The maximum absolute atomic E-state index is 12.5. The largest absolute Gasteiger partial charge is 0.496 e. The van der Waals surface area contributed by atoms with Crippen LogP contribution < -0.4 is 15.8 Å². The van der Waals surface area contributed by atoms with Gasteiger partial charge in [-0.1, -0.05) is 11.6 Å². The lowest BCUT2D eigenvalue weighted by Crippen LogP contribution is -2.50. The zero-order valence-electron chi connectivity index (χ0n) is 14.5. The summed E-state index contributed by atoms with van der Waals surface area (Å²) in [5.41, 5.74) is 6.60. The number of nitrogens with one attached hydrogen (secondary N) is 1. The molecule has 0 spiro atoms. The number of hydrogen-bond donors (Lipinski definition) is 2. The van der Waals surface area contributed by atoms with E-state index in [1.807, 2.05) is 0 Å². The third-order valence-corrected chi connectivity index (χ3v) is 5.14. The molecule has 6 nitrogen and oxygen atoms in total. The van der Waals surface area contributed by atoms with Crippen molar-refractivity contribution >= 4 is 23.2 Å². The molecule has 0 aromatic heterocycles. The normalized spacial score (nSPS) is 16.9. The van der Waals surface area contributed by atoms with E-state index in [0.29, 0.717) is 28.6 Å². The highest BCUT2D eigenvalue weighted by atomic mass is 35.5. The molecule has 0 unspecified atom stereocenters. The van der Waals surface area contributed by atoms with Gasteiger partial charge in [0.25, 0.3) is 5.91 Å². The number of amides is 1. The molecule has 1 amide bonds. The van der Waals surface area contributed by atoms with Gasteiger partial charge in [-0.05, 0) is 39.4 Å². The molecule has 1 aromatic rings. The molecule has 2 rings (SSSR count). The van der Waals surface area contributed by atoms with E-state index in [9.17, 15) is 4.79 Å². The number of carbonyl (C=O) groups is 1. The molecule has 0 aliphatic carbocycles. The van der Waals surface area contributed by atoms with Crippen LogP contribution in [0.1, 0.15) is 29.6 Å². The van der Waals surface area contributed by atoms with Crippen molar-refractivity contribution in [1.82, 2.24) is 10.2 Å². The monoisotopic (exact) mass is 355 g/mol. The average Bonchev–Trinajstić information content (AvgIpc) is 2.57. The summed E-state index contributed by atoms with van der Waals surface area (Å²) >= 11 is 6.03. The molecule has 0 saturated carbocycles. The summed E-state index contributed by atoms with van der Waals surface area (Å²) in [5, 5.41) is 3.30. The minimum absolute atomic E-state index is 0.0639. The first kappa shape index (κ1) is 18.8. The SMILES string of the molecule is COc1cc(N)c(Cl)cc1C(=O)NCCC1(N(C)C)CCOCC1. The number of rotatable bonds is 6. The number of nitrogen functional groups attached to an aromatic ring is 1. The fourth-order valence-electron chi connectivity index (χ4n) is 3.09. The Labute approximate surface area is 148 Å². The molecule has 1 aliphatic heterocycles. The lowest BCUT2D eigenvalue weighted by atomic mass is 9.85. The van der Waals surface area contributed by atoms with Gasteiger partial charge in [0, 0.05) is 31.4 Å². The first-order chi connectivity index (χ1) is 11.4. The minimum Gasteiger partial charge on any atom is -0.496 e. The van der Waals surface area contributed by atoms with Crippen molar-refractivity contribution in [1.29, 1.82) is 0 Å². The predicted octanol–water partition coefficient (Wildman–Crippen LogP) is 2.16. The molecule has 0 radical (unpaired) electrons. The molecule has 24 heavy (non-hydrogen) atoms. The van der Waals surface area contributed by atoms with E-state index < -0.39 is 0 Å². The Kier molecular flexibility index (Phi) is 6.32. The Morgan fingerprint density at radius 3 is 2.67 bits per heavy atom. The number of nitrogens with two attached hydrogens (primary N) is 1. The summed E-state index contributed by atoms with van der Waals surface area (Å²) in [5.74, 6) is 0.206. The first-order valence-corrected chi connectivity index (χ1v) is 8.44. The Balaban J connectivity index is 2.01. The van der Waals surface area contributed by atoms with Gasteiger partial charge in [-0.2, -0.15) is 0 Å². The summed E-state index contributed by atoms with van der Waals surface area (Å²) in [6.45, 7) is 2.09. The highest BCUT2D eigenvalue weighted by molar-refractivity contribution is 6.33. The molecule has 0 atom stereocenters. The van der Waals surface area contributed by atoms with Crippen LogP contribution in [0.4, 0.5) is 5.69 Å². The van der Waals surface area contributed by atoms with Gasteiger partial charge in [0.2, 0.25) is 0 Å². The second-order valence-electron chi connectivity index (χ2n) is 6.31. The Morgan fingerprint density at radius 1 is 1.42 bits per heavy atom. The van der Waals surface area contributed by atoms with Crippen molar-refractivity contribution < 1.29 is 14.3 Å². The smallest absolute Gasteiger partial charge is 0.255 e. The topological polar surface area (TPSA) is 76.8 Å². The lowest BCUT2D eigenvalue weighted by molar-refractivity contribution is -0.0116. The molecular formula is C17H26ClN3O3. The van der Waals surface area contributed by atoms with E-state index in [0.717, 1.165) is 32.5 Å². The van der Waals surface area contributed by atoms with Crippen molar-refractivity contribution in [3.05, 3.63) is 22.7 Å². The van der Waals surface area contributed by atoms with Gasteiger partial charge in [-0.25, -0.2) is 0 Å². The fourth-order valence-corrected chi connectivity index (χ4v) is 3.26. The number of benzene rings is 1. The number of carbonyl (C=O) groups excluding carboxylic acids is 1. The molecule has 1 saturated heterocycles. The van der Waals surface area contributed by atoms with Crippen LogP contribution in [0.3, 0.4) is 0 Å². The van der Waals surface area contributed by atoms with Gasteiger partial charge in [-0.15, -0.1) is 0 Å². The standard InChI is InChI=1S/C17H26ClN3O3/c1-21(2)17(5-8-24-9-6-17)4-7-20-16(22)12-10-13(18)14(19)11-15(12)23-3/h10-11H,4-9,19H2,1-3H3,(H,20,22). The average molecular weight is 356 g/mol. The number of anilines is 1. The summed E-state index contributed by atoms with van der Waals surface area (Å²) in [6.07, 6.45) is 2.79. The number of methoxy groups -OCH3 is 1. The summed E-state index contributed by atoms with van der Waals surface area (Å²) in [6, 6.07) is 3.11. The van der Waals surface area contributed by atoms with Crippen LogP contribution in [-0.2, 0) is 4.74 Å². The van der Waals surface area contributed by atoms with Crippen molar-refractivity contribution in [2.24, 2.45) is 0 Å². The van der Waals surface area contributed by atoms with Crippen LogP contribution in [0.25, 0.3) is 0 Å². The van der Waals surface area contributed by atoms with E-state index in [1.165, 1.54) is 7.11 Å². The minimum atomic E-state index is -0.213. The fraction of sp³-hybridized carbons (Fsp3) is 0.588. The molecular weight excluding hydrogens is 330 g/mol. The lowest BCUT2D eigenvalue weighted by Gasteiger charge is -2.43. The Hall–Kier alpha value is -1.50. The molecule has 1 aromatic carbocycles. The van der Waals surface area contributed by atoms with Crippen LogP contribution in [0, 0.1) is 0 Å². The number of hydrogen-bond acceptors (Lipinski definition) is 5. The number of halogens is 1. The van der Waals surface area contributed by atoms with Crippen LogP contribution in [-0.4, -0.2) is 57.3 Å². The van der Waals surface area contributed by atoms with Gasteiger partial charge < -0.3 is 25.4 Å². The summed E-state index contributed by atoms with van der Waals surface area (Å²) in [4.78, 5) is 14.7. The van der Waals surface area contributed by atoms with Crippen LogP contribution in [0.2, 0.25) is 5.02 Å². The number of ether oxygens (including phenoxy) is 2. The maximum Gasteiger partial charge on any atom is 0.255 e. The van der Waals surface area contributed by atoms with E-state index in [2.05, 4.69) is 24.3 Å². The predicted molar refractivity (Wildman–Crippen MR) is 95.8 cm³/mol. The second kappa shape index (κ2) is 8.05. The molecule has 7 heteroatoms. The molecule has 0 bridgehead atoms. The molecule has 1 fully saturated rings. The summed E-state index contributed by atoms with van der Waals surface area (Å²) in [7, 11) is 5.66. The first-order valence-electron chi connectivity index (χ1n) is 8.06. The zero-order chi connectivity index (χ0) is 17.7.